The second-order valence-corrected chi connectivity index (χ2v) is 6.20. The van der Waals surface area contributed by atoms with Gasteiger partial charge in [0.15, 0.2) is 11.6 Å². The van der Waals surface area contributed by atoms with Crippen molar-refractivity contribution in [1.29, 1.82) is 0 Å². The highest BCUT2D eigenvalue weighted by molar-refractivity contribution is 6.07. The molecule has 0 aliphatic heterocycles. The van der Waals surface area contributed by atoms with Gasteiger partial charge in [0.05, 0.1) is 5.69 Å². The number of carbonyl (C=O) groups excluding carboxylic acids is 1. The summed E-state index contributed by atoms with van der Waals surface area (Å²) in [5.74, 6) is -0.382. The summed E-state index contributed by atoms with van der Waals surface area (Å²) in [7, 11) is 0. The topological polar surface area (TPSA) is 105 Å². The van der Waals surface area contributed by atoms with Gasteiger partial charge in [0, 0.05) is 5.56 Å². The quantitative estimate of drug-likeness (QED) is 0.387. The fourth-order valence-electron chi connectivity index (χ4n) is 2.89. The largest absolute Gasteiger partial charge is 0.393 e. The molecule has 0 fully saturated rings. The molecule has 0 saturated heterocycles. The van der Waals surface area contributed by atoms with Crippen molar-refractivity contribution in [2.45, 2.75) is 0 Å². The van der Waals surface area contributed by atoms with Crippen LogP contribution in [0.3, 0.4) is 0 Å². The fourth-order valence-corrected chi connectivity index (χ4v) is 2.89. The van der Waals surface area contributed by atoms with Crippen LogP contribution in [0.5, 0.6) is 0 Å². The molecule has 0 aliphatic carbocycles. The molecular formula is C21H17FN6O. The Hall–Kier alpha value is -4.20. The summed E-state index contributed by atoms with van der Waals surface area (Å²) in [5, 5.41) is 4.60. The van der Waals surface area contributed by atoms with E-state index in [4.69, 9.17) is 5.73 Å². The summed E-state index contributed by atoms with van der Waals surface area (Å²) in [6, 6.07) is 19.2. The molecule has 0 bridgehead atoms. The van der Waals surface area contributed by atoms with Gasteiger partial charge in [0.25, 0.3) is 5.91 Å². The molecule has 1 aromatic heterocycles. The minimum atomic E-state index is -0.440. The smallest absolute Gasteiger partial charge is 0.270 e. The number of carbonyl (C=O) groups is 1. The normalized spacial score (nSPS) is 10.5. The maximum absolute atomic E-state index is 13.9. The van der Waals surface area contributed by atoms with Crippen molar-refractivity contribution < 1.29 is 9.18 Å². The number of nitrogens with one attached hydrogen (secondary N) is 3. The molecule has 0 radical (unpaired) electrons. The average Bonchev–Trinajstić information content (AvgIpc) is 2.75. The molecule has 7 nitrogen and oxygen atoms in total. The number of amides is 1. The lowest BCUT2D eigenvalue weighted by Crippen LogP contribution is -2.30. The molecule has 8 heteroatoms. The number of anilines is 4. The number of nitrogens with zero attached hydrogens (tertiary/aromatic N) is 2. The monoisotopic (exact) mass is 388 g/mol. The van der Waals surface area contributed by atoms with Crippen LogP contribution in [0.1, 0.15) is 10.4 Å². The van der Waals surface area contributed by atoms with Gasteiger partial charge >= 0.3 is 0 Å². The van der Waals surface area contributed by atoms with Crippen LogP contribution >= 0.6 is 0 Å². The minimum Gasteiger partial charge on any atom is -0.393 e. The van der Waals surface area contributed by atoms with Gasteiger partial charge in [0.1, 0.15) is 17.8 Å². The number of hydrogen-bond donors (Lipinski definition) is 4. The SMILES string of the molecule is Nc1c(NNC(=O)c2cccc3ccccc23)ncnc1Nc1ccccc1F. The van der Waals surface area contributed by atoms with Crippen LogP contribution in [0.25, 0.3) is 10.8 Å². The van der Waals surface area contributed by atoms with Crippen LogP contribution in [-0.2, 0) is 0 Å². The highest BCUT2D eigenvalue weighted by atomic mass is 19.1. The van der Waals surface area contributed by atoms with Crippen LogP contribution in [0.15, 0.2) is 73.1 Å². The average molecular weight is 388 g/mol. The number of hydrazine groups is 1. The Bertz CT molecular complexity index is 1190. The summed E-state index contributed by atoms with van der Waals surface area (Å²) in [4.78, 5) is 20.7. The molecule has 0 atom stereocenters. The highest BCUT2D eigenvalue weighted by Crippen LogP contribution is 2.26. The second-order valence-electron chi connectivity index (χ2n) is 6.20. The predicted molar refractivity (Wildman–Crippen MR) is 111 cm³/mol. The number of nitrogens with two attached hydrogens (primary N) is 1. The van der Waals surface area contributed by atoms with Crippen molar-refractivity contribution in [3.05, 3.63) is 84.4 Å². The molecule has 4 rings (SSSR count). The standard InChI is InChI=1S/C21H17FN6O/c22-16-10-3-4-11-17(16)26-19-18(23)20(25-12-24-19)27-28-21(29)15-9-5-7-13-6-1-2-8-14(13)15/h1-12H,23H2,(H,28,29)(H2,24,25,26,27). The van der Waals surface area contributed by atoms with Gasteiger partial charge in [-0.1, -0.05) is 48.5 Å². The molecule has 1 amide bonds. The lowest BCUT2D eigenvalue weighted by molar-refractivity contribution is 0.0964. The maximum Gasteiger partial charge on any atom is 0.270 e. The van der Waals surface area contributed by atoms with Gasteiger partial charge < -0.3 is 11.1 Å². The lowest BCUT2D eigenvalue weighted by Gasteiger charge is -2.14. The zero-order chi connectivity index (χ0) is 20.2. The van der Waals surface area contributed by atoms with Gasteiger partial charge in [-0.05, 0) is 29.0 Å². The Kier molecular flexibility index (Phi) is 4.90. The zero-order valence-electron chi connectivity index (χ0n) is 15.2. The van der Waals surface area contributed by atoms with Crippen molar-refractivity contribution in [2.24, 2.45) is 0 Å². The number of fused-ring (bicyclic) bond motifs is 1. The molecule has 4 aromatic rings. The Morgan fingerprint density at radius 2 is 1.62 bits per heavy atom. The first kappa shape index (κ1) is 18.2. The first-order chi connectivity index (χ1) is 14.1. The summed E-state index contributed by atoms with van der Waals surface area (Å²) in [6.45, 7) is 0. The third-order valence-electron chi connectivity index (χ3n) is 4.34. The number of benzene rings is 3. The molecule has 0 aliphatic rings. The van der Waals surface area contributed by atoms with Gasteiger partial charge in [0.2, 0.25) is 0 Å². The number of para-hydroxylation sites is 1. The van der Waals surface area contributed by atoms with Gasteiger partial charge in [-0.3, -0.25) is 15.6 Å². The van der Waals surface area contributed by atoms with E-state index in [1.54, 1.807) is 24.3 Å². The van der Waals surface area contributed by atoms with Gasteiger partial charge in [-0.25, -0.2) is 14.4 Å². The zero-order valence-corrected chi connectivity index (χ0v) is 15.2. The molecule has 0 unspecified atom stereocenters. The summed E-state index contributed by atoms with van der Waals surface area (Å²) in [5.41, 5.74) is 12.2. The predicted octanol–water partition coefficient (Wildman–Crippen LogP) is 3.85. The van der Waals surface area contributed by atoms with E-state index in [0.717, 1.165) is 10.8 Å². The van der Waals surface area contributed by atoms with Crippen LogP contribution in [0.2, 0.25) is 0 Å². The third-order valence-corrected chi connectivity index (χ3v) is 4.34. The third kappa shape index (κ3) is 3.77. The Labute approximate surface area is 165 Å². The van der Waals surface area contributed by atoms with Crippen LogP contribution in [-0.4, -0.2) is 15.9 Å². The van der Waals surface area contributed by atoms with E-state index in [-0.39, 0.29) is 28.9 Å². The molecule has 5 N–H and O–H groups in total. The number of aromatic nitrogens is 2. The van der Waals surface area contributed by atoms with Crippen LogP contribution < -0.4 is 21.9 Å². The van der Waals surface area contributed by atoms with E-state index >= 15 is 0 Å². The first-order valence-electron chi connectivity index (χ1n) is 8.79. The molecule has 144 valence electrons. The summed E-state index contributed by atoms with van der Waals surface area (Å²) < 4.78 is 13.9. The Balaban J connectivity index is 1.53. The van der Waals surface area contributed by atoms with E-state index < -0.39 is 5.82 Å². The molecule has 3 aromatic carbocycles. The van der Waals surface area contributed by atoms with E-state index in [9.17, 15) is 9.18 Å². The minimum absolute atomic E-state index is 0.133. The van der Waals surface area contributed by atoms with Crippen molar-refractivity contribution >= 4 is 39.7 Å². The van der Waals surface area contributed by atoms with Gasteiger partial charge in [-0.15, -0.1) is 0 Å². The summed E-state index contributed by atoms with van der Waals surface area (Å²) >= 11 is 0. The second kappa shape index (κ2) is 7.81. The first-order valence-corrected chi connectivity index (χ1v) is 8.79. The highest BCUT2D eigenvalue weighted by Gasteiger charge is 2.13. The maximum atomic E-state index is 13.9. The fraction of sp³-hybridized carbons (Fsp3) is 0. The van der Waals surface area contributed by atoms with E-state index in [1.807, 2.05) is 36.4 Å². The molecular weight excluding hydrogens is 371 g/mol. The molecule has 0 spiro atoms. The van der Waals surface area contributed by atoms with Crippen molar-refractivity contribution in [3.8, 4) is 0 Å². The molecule has 0 saturated carbocycles. The van der Waals surface area contributed by atoms with E-state index in [2.05, 4.69) is 26.1 Å². The number of hydrogen-bond acceptors (Lipinski definition) is 6. The molecule has 1 heterocycles. The van der Waals surface area contributed by atoms with Crippen molar-refractivity contribution in [3.63, 3.8) is 0 Å². The number of rotatable bonds is 5. The number of halogens is 1. The number of nitrogen functional groups attached to an aromatic ring is 1. The molecule has 29 heavy (non-hydrogen) atoms. The lowest BCUT2D eigenvalue weighted by atomic mass is 10.0. The summed E-state index contributed by atoms with van der Waals surface area (Å²) in [6.07, 6.45) is 1.26. The van der Waals surface area contributed by atoms with Crippen molar-refractivity contribution in [1.82, 2.24) is 15.4 Å². The van der Waals surface area contributed by atoms with Crippen LogP contribution in [0.4, 0.5) is 27.4 Å². The van der Waals surface area contributed by atoms with Gasteiger partial charge in [-0.2, -0.15) is 0 Å². The Morgan fingerprint density at radius 1 is 0.897 bits per heavy atom. The van der Waals surface area contributed by atoms with E-state index in [1.165, 1.54) is 12.4 Å². The van der Waals surface area contributed by atoms with E-state index in [0.29, 0.717) is 5.56 Å². The Morgan fingerprint density at radius 3 is 2.48 bits per heavy atom. The van der Waals surface area contributed by atoms with Crippen molar-refractivity contribution in [2.75, 3.05) is 16.5 Å². The van der Waals surface area contributed by atoms with Crippen LogP contribution in [0, 0.1) is 5.82 Å².